The molecule has 1 saturated heterocycles. The monoisotopic (exact) mass is 428 g/mol. The average molecular weight is 428 g/mol. The highest BCUT2D eigenvalue weighted by Gasteiger charge is 2.20. The number of nitrogens with zero attached hydrogens (tertiary/aromatic N) is 3. The number of carbonyl (C=O) groups is 1. The van der Waals surface area contributed by atoms with Gasteiger partial charge in [0.25, 0.3) is 5.91 Å². The lowest BCUT2D eigenvalue weighted by Gasteiger charge is -2.22. The molecule has 1 N–H and O–H groups in total. The van der Waals surface area contributed by atoms with Gasteiger partial charge in [-0.25, -0.2) is 4.68 Å². The molecule has 8 heteroatoms. The van der Waals surface area contributed by atoms with Gasteiger partial charge in [-0.05, 0) is 53.8 Å². The van der Waals surface area contributed by atoms with Crippen molar-refractivity contribution in [1.29, 1.82) is 0 Å². The van der Waals surface area contributed by atoms with Gasteiger partial charge >= 0.3 is 0 Å². The zero-order valence-corrected chi connectivity index (χ0v) is 14.8. The van der Waals surface area contributed by atoms with Crippen molar-refractivity contribution in [1.82, 2.24) is 20.3 Å². The summed E-state index contributed by atoms with van der Waals surface area (Å²) in [5.41, 5.74) is 1.89. The first-order chi connectivity index (χ1) is 11.1. The van der Waals surface area contributed by atoms with Gasteiger partial charge in [0, 0.05) is 10.1 Å². The van der Waals surface area contributed by atoms with Crippen LogP contribution in [-0.2, 0) is 9.47 Å². The van der Waals surface area contributed by atoms with Crippen LogP contribution >= 0.6 is 22.6 Å². The van der Waals surface area contributed by atoms with Crippen molar-refractivity contribution >= 4 is 28.5 Å². The minimum Gasteiger partial charge on any atom is -0.376 e. The number of benzene rings is 1. The molecular formula is C15H17IN4O3. The summed E-state index contributed by atoms with van der Waals surface area (Å²) < 4.78 is 13.6. The first-order valence-electron chi connectivity index (χ1n) is 7.31. The highest BCUT2D eigenvalue weighted by molar-refractivity contribution is 14.1. The van der Waals surface area contributed by atoms with E-state index < -0.39 is 0 Å². The molecule has 1 aliphatic rings. The van der Waals surface area contributed by atoms with E-state index in [1.165, 1.54) is 0 Å². The predicted molar refractivity (Wildman–Crippen MR) is 91.7 cm³/mol. The number of hydrogen-bond acceptors (Lipinski definition) is 5. The van der Waals surface area contributed by atoms with E-state index in [4.69, 9.17) is 9.47 Å². The van der Waals surface area contributed by atoms with Gasteiger partial charge in [-0.1, -0.05) is 5.21 Å². The van der Waals surface area contributed by atoms with Crippen molar-refractivity contribution in [2.75, 3.05) is 26.4 Å². The van der Waals surface area contributed by atoms with E-state index in [-0.39, 0.29) is 12.0 Å². The number of ether oxygens (including phenoxy) is 2. The molecule has 1 aliphatic heterocycles. The van der Waals surface area contributed by atoms with Gasteiger partial charge in [0.05, 0.1) is 37.3 Å². The van der Waals surface area contributed by atoms with Gasteiger partial charge in [-0.2, -0.15) is 0 Å². The van der Waals surface area contributed by atoms with Crippen molar-refractivity contribution in [2.24, 2.45) is 0 Å². The zero-order valence-electron chi connectivity index (χ0n) is 12.7. The van der Waals surface area contributed by atoms with E-state index in [2.05, 4.69) is 38.2 Å². The molecule has 0 aliphatic carbocycles. The van der Waals surface area contributed by atoms with Gasteiger partial charge in [0.1, 0.15) is 0 Å². The average Bonchev–Trinajstić information content (AvgIpc) is 2.96. The first kappa shape index (κ1) is 16.3. The smallest absolute Gasteiger partial charge is 0.273 e. The van der Waals surface area contributed by atoms with E-state index in [0.717, 1.165) is 9.26 Å². The number of hydrogen-bond donors (Lipinski definition) is 1. The molecule has 3 rings (SSSR count). The molecule has 0 unspecified atom stereocenters. The highest BCUT2D eigenvalue weighted by atomic mass is 127. The van der Waals surface area contributed by atoms with Crippen LogP contribution in [0.3, 0.4) is 0 Å². The van der Waals surface area contributed by atoms with Crippen molar-refractivity contribution in [3.63, 3.8) is 0 Å². The van der Waals surface area contributed by atoms with E-state index >= 15 is 0 Å². The Hall–Kier alpha value is -1.52. The van der Waals surface area contributed by atoms with Crippen molar-refractivity contribution in [2.45, 2.75) is 13.0 Å². The maximum Gasteiger partial charge on any atom is 0.273 e. The second-order valence-electron chi connectivity index (χ2n) is 5.19. The van der Waals surface area contributed by atoms with E-state index in [9.17, 15) is 4.79 Å². The second-order valence-corrected chi connectivity index (χ2v) is 6.44. The molecule has 122 valence electrons. The predicted octanol–water partition coefficient (Wildman–Crippen LogP) is 1.33. The molecule has 1 fully saturated rings. The molecule has 1 amide bonds. The number of aromatic nitrogens is 3. The van der Waals surface area contributed by atoms with Crippen LogP contribution in [0.15, 0.2) is 24.3 Å². The Balaban J connectivity index is 1.68. The maximum atomic E-state index is 12.3. The van der Waals surface area contributed by atoms with Gasteiger partial charge in [0.15, 0.2) is 5.69 Å². The lowest BCUT2D eigenvalue weighted by atomic mass is 10.2. The van der Waals surface area contributed by atoms with Crippen LogP contribution in [0, 0.1) is 10.5 Å². The van der Waals surface area contributed by atoms with Crippen LogP contribution in [0.1, 0.15) is 16.2 Å². The van der Waals surface area contributed by atoms with E-state index in [1.54, 1.807) is 4.68 Å². The number of amides is 1. The lowest BCUT2D eigenvalue weighted by Crippen LogP contribution is -2.40. The standard InChI is InChI=1S/C15H17IN4O3/c1-10-14(15(21)17-8-13-9-22-6-7-23-13)18-19-20(10)12-4-2-11(16)3-5-12/h2-5,13H,6-9H2,1H3,(H,17,21)/t13-/m0/s1. The summed E-state index contributed by atoms with van der Waals surface area (Å²) in [6.07, 6.45) is -0.112. The molecular weight excluding hydrogens is 411 g/mol. The molecule has 23 heavy (non-hydrogen) atoms. The van der Waals surface area contributed by atoms with Crippen LogP contribution in [0.2, 0.25) is 0 Å². The summed E-state index contributed by atoms with van der Waals surface area (Å²) in [6, 6.07) is 7.85. The molecule has 0 spiro atoms. The molecule has 1 aromatic heterocycles. The fourth-order valence-corrected chi connectivity index (χ4v) is 2.67. The SMILES string of the molecule is Cc1c(C(=O)NC[C@H]2COCCO2)nnn1-c1ccc(I)cc1. The summed E-state index contributed by atoms with van der Waals surface area (Å²) in [7, 11) is 0. The Kier molecular flexibility index (Phi) is 5.23. The largest absolute Gasteiger partial charge is 0.376 e. The summed E-state index contributed by atoms with van der Waals surface area (Å²) in [5, 5.41) is 10.9. The number of carbonyl (C=O) groups excluding carboxylic acids is 1. The molecule has 1 aromatic carbocycles. The molecule has 0 saturated carbocycles. The Morgan fingerprint density at radius 3 is 2.87 bits per heavy atom. The van der Waals surface area contributed by atoms with Crippen LogP contribution < -0.4 is 5.32 Å². The Bertz CT molecular complexity index is 681. The normalized spacial score (nSPS) is 17.9. The second kappa shape index (κ2) is 7.37. The maximum absolute atomic E-state index is 12.3. The van der Waals surface area contributed by atoms with Crippen molar-refractivity contribution in [3.05, 3.63) is 39.2 Å². The molecule has 0 radical (unpaired) electrons. The van der Waals surface area contributed by atoms with Crippen LogP contribution in [-0.4, -0.2) is 53.4 Å². The summed E-state index contributed by atoms with van der Waals surface area (Å²) >= 11 is 2.24. The topological polar surface area (TPSA) is 78.3 Å². The molecule has 7 nitrogen and oxygen atoms in total. The quantitative estimate of drug-likeness (QED) is 0.744. The molecule has 0 bridgehead atoms. The van der Waals surface area contributed by atoms with Crippen molar-refractivity contribution in [3.8, 4) is 5.69 Å². The van der Waals surface area contributed by atoms with Gasteiger partial charge < -0.3 is 14.8 Å². The van der Waals surface area contributed by atoms with Gasteiger partial charge in [0.2, 0.25) is 0 Å². The molecule has 1 atom stereocenters. The fourth-order valence-electron chi connectivity index (χ4n) is 2.31. The summed E-state index contributed by atoms with van der Waals surface area (Å²) in [5.74, 6) is -0.256. The third-order valence-electron chi connectivity index (χ3n) is 3.56. The highest BCUT2D eigenvalue weighted by Crippen LogP contribution is 2.14. The third-order valence-corrected chi connectivity index (χ3v) is 4.28. The number of halogens is 1. The van der Waals surface area contributed by atoms with Gasteiger partial charge in [-0.3, -0.25) is 4.79 Å². The Labute approximate surface area is 147 Å². The summed E-state index contributed by atoms with van der Waals surface area (Å²) in [6.45, 7) is 3.88. The number of nitrogens with one attached hydrogen (secondary N) is 1. The molecule has 2 heterocycles. The third kappa shape index (κ3) is 3.88. The van der Waals surface area contributed by atoms with Crippen LogP contribution in [0.25, 0.3) is 5.69 Å². The fraction of sp³-hybridized carbons (Fsp3) is 0.400. The summed E-state index contributed by atoms with van der Waals surface area (Å²) in [4.78, 5) is 12.3. The Morgan fingerprint density at radius 2 is 2.17 bits per heavy atom. The first-order valence-corrected chi connectivity index (χ1v) is 8.39. The van der Waals surface area contributed by atoms with Gasteiger partial charge in [-0.15, -0.1) is 5.10 Å². The molecule has 2 aromatic rings. The van der Waals surface area contributed by atoms with Crippen LogP contribution in [0.4, 0.5) is 0 Å². The van der Waals surface area contributed by atoms with Crippen LogP contribution in [0.5, 0.6) is 0 Å². The Morgan fingerprint density at radius 1 is 1.39 bits per heavy atom. The lowest BCUT2D eigenvalue weighted by molar-refractivity contribution is -0.0855. The minimum atomic E-state index is -0.256. The zero-order chi connectivity index (χ0) is 16.2. The van der Waals surface area contributed by atoms with Crippen molar-refractivity contribution < 1.29 is 14.3 Å². The van der Waals surface area contributed by atoms with E-state index in [1.807, 2.05) is 31.2 Å². The van der Waals surface area contributed by atoms with E-state index in [0.29, 0.717) is 37.8 Å². The number of rotatable bonds is 4. The minimum absolute atomic E-state index is 0.112.